The van der Waals surface area contributed by atoms with Crippen molar-refractivity contribution in [1.82, 2.24) is 10.6 Å². The Morgan fingerprint density at radius 2 is 2.25 bits per heavy atom. The van der Waals surface area contributed by atoms with Gasteiger partial charge in [-0.1, -0.05) is 17.7 Å². The summed E-state index contributed by atoms with van der Waals surface area (Å²) >= 11 is 5.87. The van der Waals surface area contributed by atoms with Crippen LogP contribution in [0.5, 0.6) is 0 Å². The fourth-order valence-corrected chi connectivity index (χ4v) is 2.41. The molecule has 4 nitrogen and oxygen atoms in total. The van der Waals surface area contributed by atoms with E-state index < -0.39 is 17.8 Å². The number of benzene rings is 1. The van der Waals surface area contributed by atoms with Crippen LogP contribution in [0.15, 0.2) is 18.2 Å². The Bertz CT molecular complexity index is 502. The van der Waals surface area contributed by atoms with Gasteiger partial charge < -0.3 is 10.6 Å². The van der Waals surface area contributed by atoms with E-state index in [1.165, 1.54) is 18.2 Å². The van der Waals surface area contributed by atoms with Gasteiger partial charge in [0.05, 0.1) is 6.42 Å². The summed E-state index contributed by atoms with van der Waals surface area (Å²) in [4.78, 5) is 23.6. The minimum atomic E-state index is -0.546. The number of hydrogen-bond acceptors (Lipinski definition) is 2. The first-order chi connectivity index (χ1) is 9.58. The van der Waals surface area contributed by atoms with Crippen LogP contribution >= 0.6 is 11.6 Å². The molecule has 0 radical (unpaired) electrons. The van der Waals surface area contributed by atoms with E-state index in [4.69, 9.17) is 11.6 Å². The van der Waals surface area contributed by atoms with Crippen molar-refractivity contribution in [2.24, 2.45) is 0 Å². The molecule has 2 N–H and O–H groups in total. The summed E-state index contributed by atoms with van der Waals surface area (Å²) in [6, 6.07) is 3.73. The van der Waals surface area contributed by atoms with Crippen LogP contribution in [0.4, 0.5) is 4.39 Å². The summed E-state index contributed by atoms with van der Waals surface area (Å²) in [5.74, 6) is -1.10. The number of hydrogen-bond donors (Lipinski definition) is 2. The lowest BCUT2D eigenvalue weighted by atomic mass is 10.1. The monoisotopic (exact) mass is 298 g/mol. The molecule has 1 aromatic carbocycles. The predicted octanol–water partition coefficient (Wildman–Crippen LogP) is 1.81. The average Bonchev–Trinajstić information content (AvgIpc) is 2.60. The van der Waals surface area contributed by atoms with Crippen LogP contribution in [0.1, 0.15) is 24.8 Å². The van der Waals surface area contributed by atoms with Crippen molar-refractivity contribution in [3.05, 3.63) is 34.6 Å². The molecule has 108 valence electrons. The number of carbonyl (C=O) groups excluding carboxylic acids is 2. The molecule has 0 bridgehead atoms. The summed E-state index contributed by atoms with van der Waals surface area (Å²) in [5.41, 5.74) is 0.153. The highest BCUT2D eigenvalue weighted by molar-refractivity contribution is 6.31. The third-order valence-electron chi connectivity index (χ3n) is 3.27. The molecule has 0 aromatic heterocycles. The summed E-state index contributed by atoms with van der Waals surface area (Å²) in [5, 5.41) is 5.58. The molecule has 1 aliphatic heterocycles. The van der Waals surface area contributed by atoms with Crippen molar-refractivity contribution in [3.63, 3.8) is 0 Å². The second-order valence-electron chi connectivity index (χ2n) is 4.78. The van der Waals surface area contributed by atoms with E-state index >= 15 is 0 Å². The number of halogens is 2. The second kappa shape index (κ2) is 6.70. The van der Waals surface area contributed by atoms with Gasteiger partial charge in [-0.15, -0.1) is 0 Å². The van der Waals surface area contributed by atoms with Crippen LogP contribution in [0.3, 0.4) is 0 Å². The largest absolute Gasteiger partial charge is 0.354 e. The molecular formula is C14H16ClFN2O2. The number of nitrogens with one attached hydrogen (secondary N) is 2. The number of carbonyl (C=O) groups is 2. The van der Waals surface area contributed by atoms with Crippen molar-refractivity contribution >= 4 is 23.4 Å². The van der Waals surface area contributed by atoms with E-state index in [0.29, 0.717) is 13.0 Å². The molecule has 0 spiro atoms. The Morgan fingerprint density at radius 3 is 3.00 bits per heavy atom. The Hall–Kier alpha value is -1.62. The zero-order valence-electron chi connectivity index (χ0n) is 10.9. The Morgan fingerprint density at radius 1 is 1.45 bits per heavy atom. The SMILES string of the molecule is O=C(Cc1c(F)cccc1Cl)N[C@H]1CCCCNC1=O. The first-order valence-corrected chi connectivity index (χ1v) is 6.95. The molecule has 0 unspecified atom stereocenters. The molecule has 1 atom stereocenters. The second-order valence-corrected chi connectivity index (χ2v) is 5.19. The van der Waals surface area contributed by atoms with Crippen LogP contribution in [-0.4, -0.2) is 24.4 Å². The van der Waals surface area contributed by atoms with Crippen LogP contribution in [0.25, 0.3) is 0 Å². The lowest BCUT2D eigenvalue weighted by molar-refractivity contribution is -0.128. The van der Waals surface area contributed by atoms with Crippen molar-refractivity contribution in [1.29, 1.82) is 0 Å². The minimum Gasteiger partial charge on any atom is -0.354 e. The van der Waals surface area contributed by atoms with Crippen molar-refractivity contribution in [3.8, 4) is 0 Å². The first kappa shape index (κ1) is 14.8. The molecular weight excluding hydrogens is 283 g/mol. The van der Waals surface area contributed by atoms with E-state index in [2.05, 4.69) is 10.6 Å². The molecule has 2 amide bonds. The highest BCUT2D eigenvalue weighted by Crippen LogP contribution is 2.19. The van der Waals surface area contributed by atoms with Gasteiger partial charge in [0.2, 0.25) is 11.8 Å². The summed E-state index contributed by atoms with van der Waals surface area (Å²) in [6.07, 6.45) is 2.19. The Balaban J connectivity index is 2.00. The normalized spacial score (nSPS) is 19.1. The maximum absolute atomic E-state index is 13.6. The highest BCUT2D eigenvalue weighted by Gasteiger charge is 2.23. The molecule has 0 aliphatic carbocycles. The van der Waals surface area contributed by atoms with Crippen LogP contribution < -0.4 is 10.6 Å². The van der Waals surface area contributed by atoms with Gasteiger partial charge in [0.15, 0.2) is 0 Å². The Labute approximate surface area is 121 Å². The smallest absolute Gasteiger partial charge is 0.242 e. The molecule has 1 aliphatic rings. The van der Waals surface area contributed by atoms with Gasteiger partial charge in [0.25, 0.3) is 0 Å². The summed E-state index contributed by atoms with van der Waals surface area (Å²) in [7, 11) is 0. The minimum absolute atomic E-state index is 0.153. The van der Waals surface area contributed by atoms with Crippen molar-refractivity contribution in [2.75, 3.05) is 6.54 Å². The Kier molecular flexibility index (Phi) is 4.95. The van der Waals surface area contributed by atoms with Gasteiger partial charge >= 0.3 is 0 Å². The van der Waals surface area contributed by atoms with Gasteiger partial charge in [-0.25, -0.2) is 4.39 Å². The van der Waals surface area contributed by atoms with Crippen molar-refractivity contribution < 1.29 is 14.0 Å². The number of amides is 2. The van der Waals surface area contributed by atoms with Crippen LogP contribution in [-0.2, 0) is 16.0 Å². The zero-order chi connectivity index (χ0) is 14.5. The average molecular weight is 299 g/mol. The molecule has 1 aromatic rings. The van der Waals surface area contributed by atoms with Crippen LogP contribution in [0.2, 0.25) is 5.02 Å². The quantitative estimate of drug-likeness (QED) is 0.894. The van der Waals surface area contributed by atoms with Crippen LogP contribution in [0, 0.1) is 5.82 Å². The van der Waals surface area contributed by atoms with Gasteiger partial charge in [0.1, 0.15) is 11.9 Å². The van der Waals surface area contributed by atoms with Crippen molar-refractivity contribution in [2.45, 2.75) is 31.7 Å². The summed E-state index contributed by atoms with van der Waals surface area (Å²) < 4.78 is 13.6. The standard InChI is InChI=1S/C14H16ClFN2O2/c15-10-4-3-5-11(16)9(10)8-13(19)18-12-6-1-2-7-17-14(12)20/h3-5,12H,1-2,6-8H2,(H,17,20)(H,18,19)/t12-/m0/s1. The maximum Gasteiger partial charge on any atom is 0.242 e. The van der Waals surface area contributed by atoms with E-state index in [0.717, 1.165) is 12.8 Å². The topological polar surface area (TPSA) is 58.2 Å². The van der Waals surface area contributed by atoms with E-state index in [1.54, 1.807) is 0 Å². The molecule has 2 rings (SSSR count). The van der Waals surface area contributed by atoms with Gasteiger partial charge in [-0.2, -0.15) is 0 Å². The van der Waals surface area contributed by atoms with Gasteiger partial charge in [-0.05, 0) is 31.4 Å². The molecule has 6 heteroatoms. The highest BCUT2D eigenvalue weighted by atomic mass is 35.5. The molecule has 0 saturated carbocycles. The molecule has 20 heavy (non-hydrogen) atoms. The maximum atomic E-state index is 13.6. The predicted molar refractivity (Wildman–Crippen MR) is 73.9 cm³/mol. The first-order valence-electron chi connectivity index (χ1n) is 6.58. The van der Waals surface area contributed by atoms with E-state index in [9.17, 15) is 14.0 Å². The summed E-state index contributed by atoms with van der Waals surface area (Å²) in [6.45, 7) is 0.629. The third kappa shape index (κ3) is 3.70. The molecule has 1 heterocycles. The van der Waals surface area contributed by atoms with E-state index in [-0.39, 0.29) is 22.9 Å². The fourth-order valence-electron chi connectivity index (χ4n) is 2.18. The lowest BCUT2D eigenvalue weighted by Gasteiger charge is -2.15. The number of rotatable bonds is 3. The third-order valence-corrected chi connectivity index (χ3v) is 3.62. The fraction of sp³-hybridized carbons (Fsp3) is 0.429. The van der Waals surface area contributed by atoms with E-state index in [1.807, 2.05) is 0 Å². The van der Waals surface area contributed by atoms with Gasteiger partial charge in [0, 0.05) is 17.1 Å². The zero-order valence-corrected chi connectivity index (χ0v) is 11.7. The molecule has 1 saturated heterocycles. The van der Waals surface area contributed by atoms with Gasteiger partial charge in [-0.3, -0.25) is 9.59 Å². The molecule has 1 fully saturated rings. The lowest BCUT2D eigenvalue weighted by Crippen LogP contribution is -2.46.